The van der Waals surface area contributed by atoms with E-state index < -0.39 is 0 Å². The molecule has 4 aromatic heterocycles. The average molecular weight is 446 g/mol. The van der Waals surface area contributed by atoms with Gasteiger partial charge in [0.2, 0.25) is 0 Å². The van der Waals surface area contributed by atoms with Gasteiger partial charge in [0.05, 0.1) is 22.4 Å². The Hall–Kier alpha value is -3.30. The van der Waals surface area contributed by atoms with Crippen molar-refractivity contribution >= 4 is 16.9 Å². The number of hydrogen-bond acceptors (Lipinski definition) is 7. The number of nitrogens with two attached hydrogens (primary N) is 1. The second-order valence-electron chi connectivity index (χ2n) is 8.67. The second kappa shape index (κ2) is 8.57. The summed E-state index contributed by atoms with van der Waals surface area (Å²) < 4.78 is 15.7. The lowest BCUT2D eigenvalue weighted by atomic mass is 10.1. The van der Waals surface area contributed by atoms with Crippen molar-refractivity contribution in [2.24, 2.45) is 0 Å². The van der Waals surface area contributed by atoms with Crippen LogP contribution in [0.5, 0.6) is 0 Å². The molecule has 4 aromatic rings. The molecule has 0 aliphatic carbocycles. The fourth-order valence-electron chi connectivity index (χ4n) is 4.73. The van der Waals surface area contributed by atoms with Crippen molar-refractivity contribution in [2.45, 2.75) is 51.0 Å². The molecule has 0 amide bonds. The number of hydrogen-bond donors (Lipinski definition) is 1. The fourth-order valence-corrected chi connectivity index (χ4v) is 4.73. The van der Waals surface area contributed by atoms with Gasteiger partial charge in [0.15, 0.2) is 6.23 Å². The van der Waals surface area contributed by atoms with Crippen LogP contribution in [0, 0.1) is 0 Å². The molecule has 2 aliphatic heterocycles. The highest BCUT2D eigenvalue weighted by molar-refractivity contribution is 5.93. The molecule has 2 N–H and O–H groups in total. The van der Waals surface area contributed by atoms with E-state index in [1.165, 1.54) is 0 Å². The van der Waals surface area contributed by atoms with Gasteiger partial charge in [-0.1, -0.05) is 0 Å². The third-order valence-electron chi connectivity index (χ3n) is 6.39. The Kier molecular flexibility index (Phi) is 5.27. The van der Waals surface area contributed by atoms with E-state index in [2.05, 4.69) is 10.1 Å². The van der Waals surface area contributed by atoms with Gasteiger partial charge in [-0.3, -0.25) is 4.98 Å². The van der Waals surface area contributed by atoms with Crippen molar-refractivity contribution in [1.29, 1.82) is 0 Å². The van der Waals surface area contributed by atoms with E-state index >= 15 is 0 Å². The standard InChI is InChI=1S/C24H27N7O2/c25-21-14-17(18-8-10-30(29-18)22-5-1-3-11-32-22)24-19(28-21)13-16(15-26-24)20-7-9-27-31(20)23-6-2-4-12-33-23/h7-10,13-15,22-23H,1-6,11-12H2,(H2,25,28). The van der Waals surface area contributed by atoms with Gasteiger partial charge in [0.1, 0.15) is 12.0 Å². The molecule has 9 nitrogen and oxygen atoms in total. The first kappa shape index (κ1) is 20.3. The first-order chi connectivity index (χ1) is 16.3. The summed E-state index contributed by atoms with van der Waals surface area (Å²) in [6.45, 7) is 1.54. The van der Waals surface area contributed by atoms with Crippen LogP contribution in [0.4, 0.5) is 5.82 Å². The zero-order valence-electron chi connectivity index (χ0n) is 18.4. The summed E-state index contributed by atoms with van der Waals surface area (Å²) in [6, 6.07) is 7.82. The Balaban J connectivity index is 1.37. The van der Waals surface area contributed by atoms with Crippen molar-refractivity contribution in [1.82, 2.24) is 29.5 Å². The van der Waals surface area contributed by atoms with Crippen molar-refractivity contribution in [3.05, 3.63) is 42.9 Å². The maximum absolute atomic E-state index is 6.19. The van der Waals surface area contributed by atoms with Gasteiger partial charge in [0.25, 0.3) is 0 Å². The van der Waals surface area contributed by atoms with Gasteiger partial charge in [-0.25, -0.2) is 14.3 Å². The number of nitrogens with zero attached hydrogens (tertiary/aromatic N) is 6. The Labute approximate surface area is 191 Å². The number of pyridine rings is 2. The highest BCUT2D eigenvalue weighted by Crippen LogP contribution is 2.33. The van der Waals surface area contributed by atoms with E-state index in [1.54, 1.807) is 6.20 Å². The summed E-state index contributed by atoms with van der Waals surface area (Å²) in [5.41, 5.74) is 11.2. The number of ether oxygens (including phenoxy) is 2. The predicted octanol–water partition coefficient (Wildman–Crippen LogP) is 4.34. The molecule has 170 valence electrons. The van der Waals surface area contributed by atoms with Gasteiger partial charge < -0.3 is 15.2 Å². The molecule has 6 rings (SSSR count). The normalized spacial score (nSPS) is 21.5. The van der Waals surface area contributed by atoms with E-state index in [-0.39, 0.29) is 12.5 Å². The average Bonchev–Trinajstić information content (AvgIpc) is 3.55. The molecule has 2 fully saturated rings. The zero-order chi connectivity index (χ0) is 22.2. The van der Waals surface area contributed by atoms with Crippen LogP contribution in [0.3, 0.4) is 0 Å². The van der Waals surface area contributed by atoms with Crippen LogP contribution in [0.25, 0.3) is 33.5 Å². The lowest BCUT2D eigenvalue weighted by Gasteiger charge is -2.24. The largest absolute Gasteiger partial charge is 0.384 e. The number of aromatic nitrogens is 6. The van der Waals surface area contributed by atoms with Gasteiger partial charge in [-0.2, -0.15) is 10.2 Å². The van der Waals surface area contributed by atoms with Gasteiger partial charge in [0, 0.05) is 42.9 Å². The topological polar surface area (TPSA) is 106 Å². The minimum Gasteiger partial charge on any atom is -0.384 e. The minimum absolute atomic E-state index is 0.0141. The second-order valence-corrected chi connectivity index (χ2v) is 8.67. The molecule has 0 saturated carbocycles. The van der Waals surface area contributed by atoms with Crippen molar-refractivity contribution in [3.8, 4) is 22.5 Å². The molecule has 9 heteroatoms. The number of rotatable bonds is 4. The highest BCUT2D eigenvalue weighted by atomic mass is 16.5. The molecule has 6 heterocycles. The third-order valence-corrected chi connectivity index (χ3v) is 6.39. The van der Waals surface area contributed by atoms with E-state index in [1.807, 2.05) is 46.0 Å². The highest BCUT2D eigenvalue weighted by Gasteiger charge is 2.21. The number of anilines is 1. The van der Waals surface area contributed by atoms with Crippen LogP contribution < -0.4 is 5.73 Å². The van der Waals surface area contributed by atoms with Gasteiger partial charge in [-0.15, -0.1) is 0 Å². The van der Waals surface area contributed by atoms with Crippen LogP contribution in [-0.4, -0.2) is 42.7 Å². The molecule has 0 aromatic carbocycles. The lowest BCUT2D eigenvalue weighted by Crippen LogP contribution is -2.19. The molecule has 2 atom stereocenters. The predicted molar refractivity (Wildman–Crippen MR) is 124 cm³/mol. The minimum atomic E-state index is -0.0465. The fraction of sp³-hybridized carbons (Fsp3) is 0.417. The Morgan fingerprint density at radius 2 is 1.79 bits per heavy atom. The molecule has 2 unspecified atom stereocenters. The number of fused-ring (bicyclic) bond motifs is 1. The maximum Gasteiger partial charge on any atom is 0.150 e. The lowest BCUT2D eigenvalue weighted by molar-refractivity contribution is -0.0393. The summed E-state index contributed by atoms with van der Waals surface area (Å²) in [7, 11) is 0. The Morgan fingerprint density at radius 1 is 0.970 bits per heavy atom. The maximum atomic E-state index is 6.19. The smallest absolute Gasteiger partial charge is 0.150 e. The third kappa shape index (κ3) is 3.87. The quantitative estimate of drug-likeness (QED) is 0.498. The molecule has 33 heavy (non-hydrogen) atoms. The Bertz CT molecular complexity index is 1270. The van der Waals surface area contributed by atoms with E-state index in [0.29, 0.717) is 5.82 Å². The summed E-state index contributed by atoms with van der Waals surface area (Å²) in [5.74, 6) is 0.434. The van der Waals surface area contributed by atoms with E-state index in [9.17, 15) is 0 Å². The molecule has 0 spiro atoms. The van der Waals surface area contributed by atoms with Crippen LogP contribution in [0.2, 0.25) is 0 Å². The summed E-state index contributed by atoms with van der Waals surface area (Å²) >= 11 is 0. The van der Waals surface area contributed by atoms with E-state index in [0.717, 1.165) is 85.3 Å². The molecule has 2 saturated heterocycles. The molecule has 0 bridgehead atoms. The monoisotopic (exact) mass is 445 g/mol. The van der Waals surface area contributed by atoms with Crippen LogP contribution in [0.1, 0.15) is 51.0 Å². The van der Waals surface area contributed by atoms with Crippen molar-refractivity contribution < 1.29 is 9.47 Å². The van der Waals surface area contributed by atoms with Crippen LogP contribution in [0.15, 0.2) is 42.9 Å². The van der Waals surface area contributed by atoms with Crippen LogP contribution >= 0.6 is 0 Å². The van der Waals surface area contributed by atoms with Gasteiger partial charge >= 0.3 is 0 Å². The molecule has 0 radical (unpaired) electrons. The Morgan fingerprint density at radius 3 is 2.58 bits per heavy atom. The van der Waals surface area contributed by atoms with Crippen molar-refractivity contribution in [2.75, 3.05) is 18.9 Å². The summed E-state index contributed by atoms with van der Waals surface area (Å²) in [4.78, 5) is 9.35. The van der Waals surface area contributed by atoms with Crippen LogP contribution in [-0.2, 0) is 9.47 Å². The first-order valence-corrected chi connectivity index (χ1v) is 11.7. The molecular weight excluding hydrogens is 418 g/mol. The first-order valence-electron chi connectivity index (χ1n) is 11.7. The van der Waals surface area contributed by atoms with E-state index in [4.69, 9.17) is 25.3 Å². The van der Waals surface area contributed by atoms with Gasteiger partial charge in [-0.05, 0) is 62.8 Å². The SMILES string of the molecule is Nc1cc(-c2ccn(C3CCCCO3)n2)c2ncc(-c3ccnn3C3CCCCO3)cc2n1. The molecule has 2 aliphatic rings. The number of nitrogen functional groups attached to an aromatic ring is 1. The zero-order valence-corrected chi connectivity index (χ0v) is 18.4. The summed E-state index contributed by atoms with van der Waals surface area (Å²) in [6.07, 6.45) is 12.0. The van der Waals surface area contributed by atoms with Crippen molar-refractivity contribution in [3.63, 3.8) is 0 Å². The molecular formula is C24H27N7O2. The summed E-state index contributed by atoms with van der Waals surface area (Å²) in [5, 5.41) is 9.30.